The van der Waals surface area contributed by atoms with Gasteiger partial charge < -0.3 is 15.4 Å². The third kappa shape index (κ3) is 2.43. The summed E-state index contributed by atoms with van der Waals surface area (Å²) in [5.41, 5.74) is -0.586. The molecule has 9 heteroatoms. The number of nitrogens with zero attached hydrogens (tertiary/aromatic N) is 4. The standard InChI is InChI=1S/C7H11N5O4/c1-5(13)8-3-4-11-7(14)10(2)6(9-11)12(15)16/h3-4H2,1-2H3,(H,8,13). The summed E-state index contributed by atoms with van der Waals surface area (Å²) in [5, 5.41) is 16.5. The predicted molar refractivity (Wildman–Crippen MR) is 52.8 cm³/mol. The van der Waals surface area contributed by atoms with Crippen molar-refractivity contribution in [1.29, 1.82) is 0 Å². The molecular formula is C7H11N5O4. The summed E-state index contributed by atoms with van der Waals surface area (Å²) in [5.74, 6) is -0.758. The highest BCUT2D eigenvalue weighted by molar-refractivity contribution is 5.72. The number of hydrogen-bond acceptors (Lipinski definition) is 5. The van der Waals surface area contributed by atoms with Crippen LogP contribution in [0.25, 0.3) is 0 Å². The van der Waals surface area contributed by atoms with E-state index in [9.17, 15) is 19.7 Å². The van der Waals surface area contributed by atoms with Crippen LogP contribution in [-0.4, -0.2) is 31.7 Å². The SMILES string of the molecule is CC(=O)NCCn1nc([N+](=O)[O-])n(C)c1=O. The molecule has 0 aliphatic rings. The highest BCUT2D eigenvalue weighted by atomic mass is 16.6. The van der Waals surface area contributed by atoms with Crippen LogP contribution in [0.15, 0.2) is 4.79 Å². The van der Waals surface area contributed by atoms with Gasteiger partial charge in [-0.05, 0) is 4.92 Å². The Hall–Kier alpha value is -2.19. The second kappa shape index (κ2) is 4.55. The van der Waals surface area contributed by atoms with Crippen LogP contribution < -0.4 is 11.0 Å². The van der Waals surface area contributed by atoms with E-state index in [1.807, 2.05) is 0 Å². The lowest BCUT2D eigenvalue weighted by atomic mass is 10.6. The van der Waals surface area contributed by atoms with Crippen molar-refractivity contribution in [3.05, 3.63) is 20.6 Å². The summed E-state index contributed by atoms with van der Waals surface area (Å²) in [4.78, 5) is 31.7. The maximum atomic E-state index is 11.4. The van der Waals surface area contributed by atoms with E-state index in [1.54, 1.807) is 0 Å². The van der Waals surface area contributed by atoms with Gasteiger partial charge in [0.05, 0.1) is 13.6 Å². The van der Waals surface area contributed by atoms with Crippen molar-refractivity contribution in [2.45, 2.75) is 13.5 Å². The van der Waals surface area contributed by atoms with E-state index in [4.69, 9.17) is 0 Å². The number of aromatic nitrogens is 3. The van der Waals surface area contributed by atoms with Gasteiger partial charge in [0.2, 0.25) is 5.91 Å². The van der Waals surface area contributed by atoms with Gasteiger partial charge in [0.1, 0.15) is 0 Å². The molecule has 1 aromatic rings. The van der Waals surface area contributed by atoms with Gasteiger partial charge in [-0.15, -0.1) is 4.68 Å². The fraction of sp³-hybridized carbons (Fsp3) is 0.571. The Morgan fingerprint density at radius 3 is 2.69 bits per heavy atom. The number of nitro groups is 1. The molecule has 16 heavy (non-hydrogen) atoms. The van der Waals surface area contributed by atoms with Crippen LogP contribution in [0.4, 0.5) is 5.95 Å². The minimum absolute atomic E-state index is 0.0973. The Morgan fingerprint density at radius 2 is 2.25 bits per heavy atom. The highest BCUT2D eigenvalue weighted by Gasteiger charge is 2.20. The van der Waals surface area contributed by atoms with Crippen LogP contribution in [0, 0.1) is 10.1 Å². The fourth-order valence-electron chi connectivity index (χ4n) is 1.12. The topological polar surface area (TPSA) is 112 Å². The summed E-state index contributed by atoms with van der Waals surface area (Å²) in [6, 6.07) is 0. The summed E-state index contributed by atoms with van der Waals surface area (Å²) in [7, 11) is 1.27. The summed E-state index contributed by atoms with van der Waals surface area (Å²) < 4.78 is 1.78. The molecule has 0 aliphatic carbocycles. The average molecular weight is 229 g/mol. The molecule has 0 bridgehead atoms. The molecule has 1 aromatic heterocycles. The van der Waals surface area contributed by atoms with E-state index in [1.165, 1.54) is 14.0 Å². The lowest BCUT2D eigenvalue weighted by Gasteiger charge is -1.97. The van der Waals surface area contributed by atoms with Crippen LogP contribution in [0.2, 0.25) is 0 Å². The maximum Gasteiger partial charge on any atom is 0.459 e. The Bertz CT molecular complexity index is 474. The average Bonchev–Trinajstić information content (AvgIpc) is 2.45. The number of amides is 1. The van der Waals surface area contributed by atoms with Gasteiger partial charge >= 0.3 is 11.6 Å². The van der Waals surface area contributed by atoms with Gasteiger partial charge in [-0.2, -0.15) is 4.57 Å². The van der Waals surface area contributed by atoms with Crippen molar-refractivity contribution in [2.75, 3.05) is 6.54 Å². The smallest absolute Gasteiger partial charge is 0.390 e. The molecule has 0 aliphatic heterocycles. The quantitative estimate of drug-likeness (QED) is 0.505. The van der Waals surface area contributed by atoms with Gasteiger partial charge in [-0.3, -0.25) is 4.79 Å². The molecule has 0 fully saturated rings. The van der Waals surface area contributed by atoms with Crippen molar-refractivity contribution in [2.24, 2.45) is 7.05 Å². The fourth-order valence-corrected chi connectivity index (χ4v) is 1.12. The van der Waals surface area contributed by atoms with Gasteiger partial charge in [-0.1, -0.05) is 0 Å². The lowest BCUT2D eigenvalue weighted by Crippen LogP contribution is -2.30. The van der Waals surface area contributed by atoms with E-state index in [-0.39, 0.29) is 19.0 Å². The third-order valence-electron chi connectivity index (χ3n) is 1.88. The van der Waals surface area contributed by atoms with Gasteiger partial charge in [0, 0.05) is 18.6 Å². The van der Waals surface area contributed by atoms with Crippen LogP contribution in [-0.2, 0) is 18.4 Å². The number of carbonyl (C=O) groups is 1. The molecule has 0 spiro atoms. The number of hydrogen-bond donors (Lipinski definition) is 1. The zero-order chi connectivity index (χ0) is 12.3. The third-order valence-corrected chi connectivity index (χ3v) is 1.88. The zero-order valence-electron chi connectivity index (χ0n) is 8.84. The van der Waals surface area contributed by atoms with Gasteiger partial charge in [-0.25, -0.2) is 4.79 Å². The van der Waals surface area contributed by atoms with E-state index in [2.05, 4.69) is 10.4 Å². The Kier molecular flexibility index (Phi) is 3.38. The van der Waals surface area contributed by atoms with Crippen molar-refractivity contribution in [3.8, 4) is 0 Å². The van der Waals surface area contributed by atoms with E-state index >= 15 is 0 Å². The Balaban J connectivity index is 2.82. The molecular weight excluding hydrogens is 218 g/mol. The lowest BCUT2D eigenvalue weighted by molar-refractivity contribution is -0.397. The molecule has 0 radical (unpaired) electrons. The first kappa shape index (κ1) is 11.9. The summed E-state index contributed by atoms with van der Waals surface area (Å²) >= 11 is 0. The molecule has 0 saturated heterocycles. The normalized spacial score (nSPS) is 10.1. The van der Waals surface area contributed by atoms with Crippen molar-refractivity contribution < 1.29 is 9.72 Å². The van der Waals surface area contributed by atoms with Gasteiger partial charge in [0.25, 0.3) is 0 Å². The largest absolute Gasteiger partial charge is 0.459 e. The van der Waals surface area contributed by atoms with Gasteiger partial charge in [0.15, 0.2) is 0 Å². The number of nitrogens with one attached hydrogen (secondary N) is 1. The summed E-state index contributed by atoms with van der Waals surface area (Å²) in [6.07, 6.45) is 0. The van der Waals surface area contributed by atoms with E-state index in [0.717, 1.165) is 9.25 Å². The molecule has 1 heterocycles. The molecule has 0 atom stereocenters. The minimum Gasteiger partial charge on any atom is -0.390 e. The first-order valence-corrected chi connectivity index (χ1v) is 4.46. The van der Waals surface area contributed by atoms with Crippen LogP contribution >= 0.6 is 0 Å². The van der Waals surface area contributed by atoms with E-state index < -0.39 is 16.6 Å². The van der Waals surface area contributed by atoms with Crippen LogP contribution in [0.1, 0.15) is 6.92 Å². The predicted octanol–water partition coefficient (Wildman–Crippen LogP) is -1.37. The molecule has 9 nitrogen and oxygen atoms in total. The molecule has 0 aromatic carbocycles. The Morgan fingerprint density at radius 1 is 1.62 bits per heavy atom. The molecule has 88 valence electrons. The highest BCUT2D eigenvalue weighted by Crippen LogP contribution is 1.99. The second-order valence-electron chi connectivity index (χ2n) is 3.10. The number of carbonyl (C=O) groups excluding carboxylic acids is 1. The van der Waals surface area contributed by atoms with E-state index in [0.29, 0.717) is 0 Å². The van der Waals surface area contributed by atoms with Crippen molar-refractivity contribution in [3.63, 3.8) is 0 Å². The first-order chi connectivity index (χ1) is 7.43. The monoisotopic (exact) mass is 229 g/mol. The molecule has 1 rings (SSSR count). The summed E-state index contributed by atoms with van der Waals surface area (Å²) in [6.45, 7) is 1.63. The minimum atomic E-state index is -0.740. The van der Waals surface area contributed by atoms with Crippen LogP contribution in [0.3, 0.4) is 0 Å². The first-order valence-electron chi connectivity index (χ1n) is 4.46. The van der Waals surface area contributed by atoms with Crippen molar-refractivity contribution >= 4 is 11.9 Å². The molecule has 1 N–H and O–H groups in total. The maximum absolute atomic E-state index is 11.4. The second-order valence-corrected chi connectivity index (χ2v) is 3.10. The molecule has 0 unspecified atom stereocenters. The zero-order valence-corrected chi connectivity index (χ0v) is 8.84. The molecule has 1 amide bonds. The van der Waals surface area contributed by atoms with Crippen LogP contribution in [0.5, 0.6) is 0 Å². The van der Waals surface area contributed by atoms with Crippen molar-refractivity contribution in [1.82, 2.24) is 19.7 Å². The number of rotatable bonds is 4. The Labute approximate surface area is 89.8 Å². The molecule has 0 saturated carbocycles.